The van der Waals surface area contributed by atoms with Crippen LogP contribution in [0.1, 0.15) is 32.9 Å². The van der Waals surface area contributed by atoms with Crippen LogP contribution >= 0.6 is 11.6 Å². The minimum absolute atomic E-state index is 0.0243. The number of primary amides is 1. The van der Waals surface area contributed by atoms with Crippen molar-refractivity contribution in [2.75, 3.05) is 6.61 Å². The first kappa shape index (κ1) is 20.9. The monoisotopic (exact) mass is 395 g/mol. The highest BCUT2D eigenvalue weighted by molar-refractivity contribution is 6.29. The van der Waals surface area contributed by atoms with E-state index in [9.17, 15) is 9.18 Å². The molecule has 8 heteroatoms. The lowest BCUT2D eigenvalue weighted by molar-refractivity contribution is -0.0189. The number of nitrogens with two attached hydrogens (primary N) is 1. The summed E-state index contributed by atoms with van der Waals surface area (Å²) in [5, 5.41) is 0.250. The van der Waals surface area contributed by atoms with Crippen LogP contribution in [0.4, 0.5) is 9.18 Å². The number of halogens is 2. The Morgan fingerprint density at radius 2 is 2.11 bits per heavy atom. The lowest BCUT2D eigenvalue weighted by atomic mass is 9.95. The number of aryl methyl sites for hydroxylation is 1. The summed E-state index contributed by atoms with van der Waals surface area (Å²) >= 11 is 5.86. The van der Waals surface area contributed by atoms with E-state index in [1.165, 1.54) is 18.3 Å². The SMILES string of the molecule is Cc1nc(-c2ccnc(Cl)c2)c(F)cc1OCC(C)(CC(C)C)OC(N)=O. The maximum atomic E-state index is 14.6. The quantitative estimate of drug-likeness (QED) is 0.696. The molecule has 1 unspecified atom stereocenters. The number of pyridine rings is 2. The first-order valence-electron chi connectivity index (χ1n) is 8.50. The van der Waals surface area contributed by atoms with E-state index < -0.39 is 17.5 Å². The van der Waals surface area contributed by atoms with Gasteiger partial charge in [-0.15, -0.1) is 0 Å². The second-order valence-electron chi connectivity index (χ2n) is 7.03. The highest BCUT2D eigenvalue weighted by atomic mass is 35.5. The number of rotatable bonds is 7. The number of amides is 1. The van der Waals surface area contributed by atoms with Gasteiger partial charge in [0, 0.05) is 17.8 Å². The van der Waals surface area contributed by atoms with Crippen molar-refractivity contribution < 1.29 is 18.7 Å². The molecule has 0 fully saturated rings. The van der Waals surface area contributed by atoms with Gasteiger partial charge in [0.05, 0.1) is 5.69 Å². The number of hydrogen-bond donors (Lipinski definition) is 1. The van der Waals surface area contributed by atoms with Crippen molar-refractivity contribution in [2.45, 2.75) is 39.7 Å². The summed E-state index contributed by atoms with van der Waals surface area (Å²) in [5.74, 6) is -0.0496. The predicted octanol–water partition coefficient (Wildman–Crippen LogP) is 4.52. The van der Waals surface area contributed by atoms with E-state index >= 15 is 0 Å². The Morgan fingerprint density at radius 3 is 2.70 bits per heavy atom. The van der Waals surface area contributed by atoms with Gasteiger partial charge in [-0.3, -0.25) is 0 Å². The molecular formula is C19H23ClFN3O3. The van der Waals surface area contributed by atoms with Crippen LogP contribution in [0.25, 0.3) is 11.3 Å². The molecule has 2 rings (SSSR count). The van der Waals surface area contributed by atoms with Gasteiger partial charge in [-0.1, -0.05) is 25.4 Å². The van der Waals surface area contributed by atoms with Gasteiger partial charge in [0.2, 0.25) is 0 Å². The molecule has 146 valence electrons. The van der Waals surface area contributed by atoms with E-state index in [1.807, 2.05) is 13.8 Å². The summed E-state index contributed by atoms with van der Waals surface area (Å²) in [6.45, 7) is 7.43. The van der Waals surface area contributed by atoms with Crippen molar-refractivity contribution in [3.05, 3.63) is 41.1 Å². The molecule has 6 nitrogen and oxygen atoms in total. The van der Waals surface area contributed by atoms with Crippen molar-refractivity contribution in [1.29, 1.82) is 0 Å². The van der Waals surface area contributed by atoms with E-state index in [-0.39, 0.29) is 29.1 Å². The summed E-state index contributed by atoms with van der Waals surface area (Å²) in [6, 6.07) is 4.41. The van der Waals surface area contributed by atoms with Gasteiger partial charge in [-0.2, -0.15) is 0 Å². The van der Waals surface area contributed by atoms with Crippen molar-refractivity contribution in [3.8, 4) is 17.0 Å². The first-order chi connectivity index (χ1) is 12.6. The first-order valence-corrected chi connectivity index (χ1v) is 8.88. The fourth-order valence-electron chi connectivity index (χ4n) is 2.93. The lowest BCUT2D eigenvalue weighted by Crippen LogP contribution is -2.41. The fourth-order valence-corrected chi connectivity index (χ4v) is 3.10. The zero-order valence-electron chi connectivity index (χ0n) is 15.8. The summed E-state index contributed by atoms with van der Waals surface area (Å²) in [5.41, 5.74) is 5.40. The predicted molar refractivity (Wildman–Crippen MR) is 101 cm³/mol. The Balaban J connectivity index is 2.24. The Labute approximate surface area is 162 Å². The molecule has 2 heterocycles. The molecule has 0 aliphatic carbocycles. The second kappa shape index (κ2) is 8.52. The van der Waals surface area contributed by atoms with Crippen LogP contribution in [-0.4, -0.2) is 28.3 Å². The molecule has 2 aromatic heterocycles. The minimum Gasteiger partial charge on any atom is -0.487 e. The normalized spacial score (nSPS) is 13.3. The molecule has 0 aromatic carbocycles. The van der Waals surface area contributed by atoms with Crippen LogP contribution in [0.2, 0.25) is 5.15 Å². The maximum Gasteiger partial charge on any atom is 0.405 e. The van der Waals surface area contributed by atoms with E-state index in [2.05, 4.69) is 9.97 Å². The average molecular weight is 396 g/mol. The van der Waals surface area contributed by atoms with Crippen molar-refractivity contribution in [1.82, 2.24) is 9.97 Å². The number of carbonyl (C=O) groups is 1. The molecule has 0 aliphatic heterocycles. The summed E-state index contributed by atoms with van der Waals surface area (Å²) < 4.78 is 25.5. The third-order valence-corrected chi connectivity index (χ3v) is 4.05. The van der Waals surface area contributed by atoms with Crippen LogP contribution in [0.3, 0.4) is 0 Å². The smallest absolute Gasteiger partial charge is 0.405 e. The molecule has 0 aliphatic rings. The van der Waals surface area contributed by atoms with Crippen LogP contribution in [0.5, 0.6) is 5.75 Å². The van der Waals surface area contributed by atoms with Crippen molar-refractivity contribution in [3.63, 3.8) is 0 Å². The zero-order chi connectivity index (χ0) is 20.2. The van der Waals surface area contributed by atoms with Crippen molar-refractivity contribution >= 4 is 17.7 Å². The van der Waals surface area contributed by atoms with Gasteiger partial charge in [0.15, 0.2) is 5.82 Å². The summed E-state index contributed by atoms with van der Waals surface area (Å²) in [6.07, 6.45) is 1.14. The van der Waals surface area contributed by atoms with Gasteiger partial charge in [-0.05, 0) is 38.3 Å². The van der Waals surface area contributed by atoms with Gasteiger partial charge in [-0.25, -0.2) is 19.2 Å². The second-order valence-corrected chi connectivity index (χ2v) is 7.41. The molecule has 0 saturated carbocycles. The molecule has 1 amide bonds. The molecular weight excluding hydrogens is 373 g/mol. The Hall–Kier alpha value is -2.41. The third kappa shape index (κ3) is 5.79. The topological polar surface area (TPSA) is 87.3 Å². The number of aromatic nitrogens is 2. The highest BCUT2D eigenvalue weighted by Crippen LogP contribution is 2.29. The van der Waals surface area contributed by atoms with E-state index in [1.54, 1.807) is 19.9 Å². The Bertz CT molecular complexity index is 832. The van der Waals surface area contributed by atoms with Crippen LogP contribution in [0, 0.1) is 18.7 Å². The number of nitrogens with zero attached hydrogens (tertiary/aromatic N) is 2. The molecule has 0 bridgehead atoms. The Kier molecular flexibility index (Phi) is 6.59. The van der Waals surface area contributed by atoms with Crippen LogP contribution in [0.15, 0.2) is 24.4 Å². The third-order valence-electron chi connectivity index (χ3n) is 3.84. The van der Waals surface area contributed by atoms with Crippen LogP contribution < -0.4 is 10.5 Å². The van der Waals surface area contributed by atoms with Gasteiger partial charge in [0.25, 0.3) is 0 Å². The highest BCUT2D eigenvalue weighted by Gasteiger charge is 2.31. The minimum atomic E-state index is -0.930. The van der Waals surface area contributed by atoms with Gasteiger partial charge in [0.1, 0.15) is 28.8 Å². The number of ether oxygens (including phenoxy) is 2. The molecule has 2 aromatic rings. The van der Waals surface area contributed by atoms with E-state index in [4.69, 9.17) is 26.8 Å². The maximum absolute atomic E-state index is 14.6. The summed E-state index contributed by atoms with van der Waals surface area (Å²) in [4.78, 5) is 19.4. The van der Waals surface area contributed by atoms with Gasteiger partial charge >= 0.3 is 6.09 Å². The number of hydrogen-bond acceptors (Lipinski definition) is 5. The fraction of sp³-hybridized carbons (Fsp3) is 0.421. The van der Waals surface area contributed by atoms with Gasteiger partial charge < -0.3 is 15.2 Å². The Morgan fingerprint density at radius 1 is 1.41 bits per heavy atom. The lowest BCUT2D eigenvalue weighted by Gasteiger charge is -2.30. The average Bonchev–Trinajstić information content (AvgIpc) is 2.53. The standard InChI is InChI=1S/C19H23ClFN3O3/c1-11(2)9-19(4,27-18(22)25)10-26-15-8-14(21)17(24-12(15)3)13-5-6-23-16(20)7-13/h5-8,11H,9-10H2,1-4H3,(H2,22,25). The molecule has 0 saturated heterocycles. The molecule has 2 N–H and O–H groups in total. The summed E-state index contributed by atoms with van der Waals surface area (Å²) in [7, 11) is 0. The molecule has 0 radical (unpaired) electrons. The van der Waals surface area contributed by atoms with E-state index in [0.717, 1.165) is 0 Å². The van der Waals surface area contributed by atoms with Crippen molar-refractivity contribution in [2.24, 2.45) is 11.7 Å². The molecule has 27 heavy (non-hydrogen) atoms. The molecule has 0 spiro atoms. The largest absolute Gasteiger partial charge is 0.487 e. The zero-order valence-corrected chi connectivity index (χ0v) is 16.5. The molecule has 1 atom stereocenters. The van der Waals surface area contributed by atoms with Crippen LogP contribution in [-0.2, 0) is 4.74 Å². The number of carbonyl (C=O) groups excluding carboxylic acids is 1. The van der Waals surface area contributed by atoms with E-state index in [0.29, 0.717) is 17.7 Å².